The van der Waals surface area contributed by atoms with Gasteiger partial charge in [0.15, 0.2) is 0 Å². The summed E-state index contributed by atoms with van der Waals surface area (Å²) in [6.45, 7) is 4.95. The number of rotatable bonds is 5. The Kier molecular flexibility index (Phi) is 4.02. The molecule has 1 aliphatic carbocycles. The minimum Gasteiger partial charge on any atom is -0.352 e. The summed E-state index contributed by atoms with van der Waals surface area (Å²) in [5, 5.41) is 4.97. The number of imide groups is 2. The molecule has 1 aliphatic heterocycles. The molecule has 0 bridgehead atoms. The summed E-state index contributed by atoms with van der Waals surface area (Å²) in [7, 11) is 0. The van der Waals surface area contributed by atoms with Crippen LogP contribution in [0.5, 0.6) is 0 Å². The van der Waals surface area contributed by atoms with Crippen molar-refractivity contribution in [3.63, 3.8) is 0 Å². The van der Waals surface area contributed by atoms with Crippen molar-refractivity contribution in [2.45, 2.75) is 58.5 Å². The summed E-state index contributed by atoms with van der Waals surface area (Å²) >= 11 is 0. The summed E-state index contributed by atoms with van der Waals surface area (Å²) in [6, 6.07) is -1.60. The van der Waals surface area contributed by atoms with Crippen molar-refractivity contribution in [2.24, 2.45) is 5.41 Å². The highest BCUT2D eigenvalue weighted by Crippen LogP contribution is 2.33. The quantitative estimate of drug-likeness (QED) is 0.724. The van der Waals surface area contributed by atoms with Crippen molar-refractivity contribution in [2.75, 3.05) is 0 Å². The van der Waals surface area contributed by atoms with Crippen molar-refractivity contribution < 1.29 is 19.2 Å². The zero-order chi connectivity index (χ0) is 15.8. The van der Waals surface area contributed by atoms with Crippen molar-refractivity contribution >= 4 is 23.8 Å². The van der Waals surface area contributed by atoms with Crippen LogP contribution in [-0.2, 0) is 14.4 Å². The summed E-state index contributed by atoms with van der Waals surface area (Å²) in [5.41, 5.74) is -1.26. The summed E-state index contributed by atoms with van der Waals surface area (Å²) in [5.74, 6) is -1.52. The molecule has 21 heavy (non-hydrogen) atoms. The van der Waals surface area contributed by atoms with E-state index in [0.29, 0.717) is 0 Å². The highest BCUT2D eigenvalue weighted by Gasteiger charge is 2.53. The largest absolute Gasteiger partial charge is 0.352 e. The molecule has 2 fully saturated rings. The van der Waals surface area contributed by atoms with Crippen LogP contribution in [0.15, 0.2) is 0 Å². The van der Waals surface area contributed by atoms with Crippen LogP contribution in [-0.4, -0.2) is 40.7 Å². The Balaban J connectivity index is 2.24. The molecule has 2 N–H and O–H groups in total. The smallest absolute Gasteiger partial charge is 0.331 e. The van der Waals surface area contributed by atoms with Crippen molar-refractivity contribution in [3.8, 4) is 0 Å². The molecule has 5 amide bonds. The second-order valence-electron chi connectivity index (χ2n) is 5.68. The Morgan fingerprint density at radius 3 is 2.38 bits per heavy atom. The highest BCUT2D eigenvalue weighted by atomic mass is 16.2. The molecule has 0 aromatic carbocycles. The second-order valence-corrected chi connectivity index (χ2v) is 5.68. The Morgan fingerprint density at radius 1 is 1.33 bits per heavy atom. The van der Waals surface area contributed by atoms with Crippen molar-refractivity contribution in [1.29, 1.82) is 0 Å². The molecule has 2 aliphatic rings. The first-order valence-electron chi connectivity index (χ1n) is 7.36. The van der Waals surface area contributed by atoms with Crippen LogP contribution in [0.25, 0.3) is 0 Å². The number of carbonyl (C=O) groups excluding carboxylic acids is 4. The molecule has 1 unspecified atom stereocenters. The van der Waals surface area contributed by atoms with Gasteiger partial charge in [0.25, 0.3) is 0 Å². The van der Waals surface area contributed by atoms with Gasteiger partial charge >= 0.3 is 6.03 Å². The van der Waals surface area contributed by atoms with Gasteiger partial charge in [-0.1, -0.05) is 13.8 Å². The molecule has 7 heteroatoms. The van der Waals surface area contributed by atoms with Crippen LogP contribution in [0.1, 0.15) is 46.5 Å². The van der Waals surface area contributed by atoms with Gasteiger partial charge in [0.1, 0.15) is 11.5 Å². The summed E-state index contributed by atoms with van der Waals surface area (Å²) in [4.78, 5) is 49.6. The van der Waals surface area contributed by atoms with E-state index in [1.807, 2.05) is 0 Å². The molecule has 1 saturated heterocycles. The first kappa shape index (κ1) is 15.5. The van der Waals surface area contributed by atoms with Gasteiger partial charge in [0.05, 0.1) is 0 Å². The SMILES string of the molecule is CCC1(CC)C(=O)NC(=O)N(C(C)C(=O)NC2CC2)C1=O. The van der Waals surface area contributed by atoms with Crippen LogP contribution in [0, 0.1) is 5.41 Å². The molecule has 1 heterocycles. The third-order valence-electron chi connectivity index (χ3n) is 4.40. The lowest BCUT2D eigenvalue weighted by Crippen LogP contribution is -2.67. The predicted molar refractivity (Wildman–Crippen MR) is 74.0 cm³/mol. The van der Waals surface area contributed by atoms with Gasteiger partial charge in [-0.05, 0) is 32.6 Å². The topological polar surface area (TPSA) is 95.6 Å². The first-order chi connectivity index (χ1) is 9.87. The highest BCUT2D eigenvalue weighted by molar-refractivity contribution is 6.20. The minimum atomic E-state index is -1.26. The lowest BCUT2D eigenvalue weighted by molar-refractivity contribution is -0.155. The number of amides is 5. The predicted octanol–water partition coefficient (Wildman–Crippen LogP) is 0.538. The third kappa shape index (κ3) is 2.52. The normalized spacial score (nSPS) is 22.8. The Morgan fingerprint density at radius 2 is 1.90 bits per heavy atom. The van der Waals surface area contributed by atoms with E-state index in [9.17, 15) is 19.2 Å². The number of carbonyl (C=O) groups is 4. The Bertz CT molecular complexity index is 494. The Labute approximate surface area is 123 Å². The molecule has 1 atom stereocenters. The Hall–Kier alpha value is -1.92. The molecule has 2 rings (SSSR count). The maximum atomic E-state index is 12.6. The maximum absolute atomic E-state index is 12.6. The van der Waals surface area contributed by atoms with Crippen molar-refractivity contribution in [3.05, 3.63) is 0 Å². The van der Waals surface area contributed by atoms with Gasteiger partial charge in [-0.15, -0.1) is 0 Å². The van der Waals surface area contributed by atoms with E-state index in [1.165, 1.54) is 6.92 Å². The minimum absolute atomic E-state index is 0.145. The number of barbiturate groups is 1. The fourth-order valence-electron chi connectivity index (χ4n) is 2.59. The van der Waals surface area contributed by atoms with E-state index in [1.54, 1.807) is 13.8 Å². The molecule has 0 spiro atoms. The molecule has 0 radical (unpaired) electrons. The summed E-state index contributed by atoms with van der Waals surface area (Å²) in [6.07, 6.45) is 2.42. The van der Waals surface area contributed by atoms with E-state index in [-0.39, 0.29) is 24.8 Å². The van der Waals surface area contributed by atoms with Gasteiger partial charge in [0, 0.05) is 6.04 Å². The molecule has 7 nitrogen and oxygen atoms in total. The van der Waals surface area contributed by atoms with Gasteiger partial charge in [-0.3, -0.25) is 24.6 Å². The third-order valence-corrected chi connectivity index (χ3v) is 4.40. The van der Waals surface area contributed by atoms with E-state index in [4.69, 9.17) is 0 Å². The van der Waals surface area contributed by atoms with Gasteiger partial charge < -0.3 is 5.32 Å². The zero-order valence-corrected chi connectivity index (χ0v) is 12.6. The van der Waals surface area contributed by atoms with Crippen LogP contribution in [0.3, 0.4) is 0 Å². The van der Waals surface area contributed by atoms with Crippen LogP contribution >= 0.6 is 0 Å². The fraction of sp³-hybridized carbons (Fsp3) is 0.714. The number of hydrogen-bond donors (Lipinski definition) is 2. The molecule has 0 aromatic rings. The number of hydrogen-bond acceptors (Lipinski definition) is 4. The average Bonchev–Trinajstić information content (AvgIpc) is 3.23. The van der Waals surface area contributed by atoms with Crippen molar-refractivity contribution in [1.82, 2.24) is 15.5 Å². The van der Waals surface area contributed by atoms with E-state index < -0.39 is 29.3 Å². The zero-order valence-electron chi connectivity index (χ0n) is 12.6. The van der Waals surface area contributed by atoms with Crippen LogP contribution in [0.4, 0.5) is 4.79 Å². The standard InChI is InChI=1S/C14H21N3O4/c1-4-14(5-2)11(19)16-13(21)17(12(14)20)8(3)10(18)15-9-6-7-9/h8-9H,4-7H2,1-3H3,(H,15,18)(H,16,19,21). The van der Waals surface area contributed by atoms with E-state index in [0.717, 1.165) is 17.7 Å². The van der Waals surface area contributed by atoms with E-state index >= 15 is 0 Å². The molecule has 1 saturated carbocycles. The van der Waals surface area contributed by atoms with Gasteiger partial charge in [0.2, 0.25) is 17.7 Å². The first-order valence-corrected chi connectivity index (χ1v) is 7.36. The summed E-state index contributed by atoms with van der Waals surface area (Å²) < 4.78 is 0. The molecular formula is C14H21N3O4. The van der Waals surface area contributed by atoms with Gasteiger partial charge in [-0.2, -0.15) is 0 Å². The molecule has 0 aromatic heterocycles. The van der Waals surface area contributed by atoms with Crippen LogP contribution in [0.2, 0.25) is 0 Å². The lowest BCUT2D eigenvalue weighted by Gasteiger charge is -2.40. The van der Waals surface area contributed by atoms with Crippen LogP contribution < -0.4 is 10.6 Å². The number of nitrogens with one attached hydrogen (secondary N) is 2. The van der Waals surface area contributed by atoms with E-state index in [2.05, 4.69) is 10.6 Å². The number of urea groups is 1. The maximum Gasteiger partial charge on any atom is 0.331 e. The fourth-order valence-corrected chi connectivity index (χ4v) is 2.59. The second kappa shape index (κ2) is 5.46. The number of nitrogens with zero attached hydrogens (tertiary/aromatic N) is 1. The van der Waals surface area contributed by atoms with Gasteiger partial charge in [-0.25, -0.2) is 4.79 Å². The average molecular weight is 295 g/mol. The lowest BCUT2D eigenvalue weighted by atomic mass is 9.78. The monoisotopic (exact) mass is 295 g/mol. The molecule has 116 valence electrons. The molecular weight excluding hydrogens is 274 g/mol.